The SMILES string of the molecule is COc1c(Br)cc(CN[C@H](Cc2c[nH]c3ccccc23)C(=O)O)cc1Br. The molecule has 0 fully saturated rings. The molecule has 1 heterocycles. The van der Waals surface area contributed by atoms with Gasteiger partial charge in [0.1, 0.15) is 11.8 Å². The molecule has 0 bridgehead atoms. The van der Waals surface area contributed by atoms with Gasteiger partial charge in [-0.1, -0.05) is 18.2 Å². The maximum atomic E-state index is 11.7. The minimum absolute atomic E-state index is 0.401. The lowest BCUT2D eigenvalue weighted by atomic mass is 10.0. The van der Waals surface area contributed by atoms with Gasteiger partial charge in [0.2, 0.25) is 0 Å². The number of H-pyrrole nitrogens is 1. The van der Waals surface area contributed by atoms with Crippen molar-refractivity contribution in [2.24, 2.45) is 0 Å². The number of ether oxygens (including phenoxy) is 1. The quantitative estimate of drug-likeness (QED) is 0.465. The molecule has 26 heavy (non-hydrogen) atoms. The van der Waals surface area contributed by atoms with Crippen molar-refractivity contribution < 1.29 is 14.6 Å². The van der Waals surface area contributed by atoms with Crippen LogP contribution in [-0.2, 0) is 17.8 Å². The van der Waals surface area contributed by atoms with Crippen LogP contribution >= 0.6 is 31.9 Å². The summed E-state index contributed by atoms with van der Waals surface area (Å²) in [5.41, 5.74) is 2.95. The van der Waals surface area contributed by atoms with E-state index in [1.54, 1.807) is 7.11 Å². The van der Waals surface area contributed by atoms with Crippen LogP contribution < -0.4 is 10.1 Å². The summed E-state index contributed by atoms with van der Waals surface area (Å²) >= 11 is 6.93. The van der Waals surface area contributed by atoms with Crippen LogP contribution in [0.25, 0.3) is 10.9 Å². The number of benzene rings is 2. The van der Waals surface area contributed by atoms with Gasteiger partial charge < -0.3 is 20.1 Å². The highest BCUT2D eigenvalue weighted by molar-refractivity contribution is 9.11. The van der Waals surface area contributed by atoms with E-state index in [1.807, 2.05) is 42.6 Å². The number of nitrogens with one attached hydrogen (secondary N) is 2. The number of fused-ring (bicyclic) bond motifs is 1. The minimum atomic E-state index is -0.873. The van der Waals surface area contributed by atoms with Crippen LogP contribution in [-0.4, -0.2) is 29.2 Å². The number of carbonyl (C=O) groups is 1. The Morgan fingerprint density at radius 1 is 1.27 bits per heavy atom. The van der Waals surface area contributed by atoms with E-state index in [-0.39, 0.29) is 0 Å². The molecule has 0 saturated carbocycles. The third-order valence-electron chi connectivity index (χ3n) is 4.21. The maximum Gasteiger partial charge on any atom is 0.321 e. The lowest BCUT2D eigenvalue weighted by Crippen LogP contribution is -2.38. The molecule has 7 heteroatoms. The van der Waals surface area contributed by atoms with E-state index in [0.717, 1.165) is 31.0 Å². The van der Waals surface area contributed by atoms with Crippen LogP contribution in [0.2, 0.25) is 0 Å². The molecule has 3 rings (SSSR count). The minimum Gasteiger partial charge on any atom is -0.494 e. The summed E-state index contributed by atoms with van der Waals surface area (Å²) in [6.07, 6.45) is 2.28. The van der Waals surface area contributed by atoms with Crippen molar-refractivity contribution in [3.05, 3.63) is 62.7 Å². The third kappa shape index (κ3) is 4.11. The number of hydrogen-bond donors (Lipinski definition) is 3. The first kappa shape index (κ1) is 18.9. The largest absolute Gasteiger partial charge is 0.494 e. The fourth-order valence-corrected chi connectivity index (χ4v) is 4.52. The van der Waals surface area contributed by atoms with Crippen LogP contribution in [0.3, 0.4) is 0 Å². The van der Waals surface area contributed by atoms with E-state index < -0.39 is 12.0 Å². The van der Waals surface area contributed by atoms with Crippen molar-refractivity contribution in [1.29, 1.82) is 0 Å². The van der Waals surface area contributed by atoms with Gasteiger partial charge in [0.05, 0.1) is 16.1 Å². The molecule has 0 aliphatic heterocycles. The highest BCUT2D eigenvalue weighted by atomic mass is 79.9. The Kier molecular flexibility index (Phi) is 6.01. The molecule has 0 amide bonds. The van der Waals surface area contributed by atoms with Crippen molar-refractivity contribution in [2.45, 2.75) is 19.0 Å². The fraction of sp³-hybridized carbons (Fsp3) is 0.211. The van der Waals surface area contributed by atoms with Gasteiger partial charge in [-0.15, -0.1) is 0 Å². The molecular weight excluding hydrogens is 464 g/mol. The number of carboxylic acids is 1. The molecule has 0 saturated heterocycles. The monoisotopic (exact) mass is 480 g/mol. The van der Waals surface area contributed by atoms with E-state index in [4.69, 9.17) is 4.74 Å². The number of aliphatic carboxylic acids is 1. The zero-order chi connectivity index (χ0) is 18.7. The van der Waals surface area contributed by atoms with E-state index in [0.29, 0.717) is 18.7 Å². The Labute approximate surface area is 168 Å². The Morgan fingerprint density at radius 3 is 2.62 bits per heavy atom. The standard InChI is InChI=1S/C19H18Br2N2O3/c1-26-18-14(20)6-11(7-15(18)21)9-22-17(19(24)25)8-12-10-23-16-5-3-2-4-13(12)16/h2-7,10,17,22-23H,8-9H2,1H3,(H,24,25)/t17-/m1/s1. The number of para-hydroxylation sites is 1. The number of carboxylic acid groups (broad SMARTS) is 1. The Balaban J connectivity index is 1.74. The lowest BCUT2D eigenvalue weighted by Gasteiger charge is -2.15. The maximum absolute atomic E-state index is 11.7. The van der Waals surface area contributed by atoms with Gasteiger partial charge in [0, 0.05) is 30.1 Å². The third-order valence-corrected chi connectivity index (χ3v) is 5.39. The number of hydrogen-bond acceptors (Lipinski definition) is 3. The molecule has 0 unspecified atom stereocenters. The first-order valence-corrected chi connectivity index (χ1v) is 9.61. The van der Waals surface area contributed by atoms with Gasteiger partial charge in [-0.2, -0.15) is 0 Å². The van der Waals surface area contributed by atoms with E-state index in [1.165, 1.54) is 0 Å². The average Bonchev–Trinajstić information content (AvgIpc) is 3.01. The van der Waals surface area contributed by atoms with Crippen LogP contribution in [0.4, 0.5) is 0 Å². The van der Waals surface area contributed by atoms with Crippen LogP contribution in [0.15, 0.2) is 51.5 Å². The molecule has 0 aliphatic rings. The Morgan fingerprint density at radius 2 is 1.96 bits per heavy atom. The highest BCUT2D eigenvalue weighted by Gasteiger charge is 2.19. The molecular formula is C19H18Br2N2O3. The predicted molar refractivity (Wildman–Crippen MR) is 109 cm³/mol. The van der Waals surface area contributed by atoms with E-state index >= 15 is 0 Å². The second-order valence-corrected chi connectivity index (χ2v) is 7.64. The molecule has 136 valence electrons. The van der Waals surface area contributed by atoms with Crippen molar-refractivity contribution in [2.75, 3.05) is 7.11 Å². The topological polar surface area (TPSA) is 74.3 Å². The summed E-state index contributed by atoms with van der Waals surface area (Å²) in [6.45, 7) is 0.431. The van der Waals surface area contributed by atoms with E-state index in [2.05, 4.69) is 42.2 Å². The molecule has 5 nitrogen and oxygen atoms in total. The number of halogens is 2. The molecule has 0 aliphatic carbocycles. The number of methoxy groups -OCH3 is 1. The lowest BCUT2D eigenvalue weighted by molar-refractivity contribution is -0.139. The summed E-state index contributed by atoms with van der Waals surface area (Å²) in [7, 11) is 1.60. The fourth-order valence-electron chi connectivity index (χ4n) is 2.92. The van der Waals surface area contributed by atoms with Crippen LogP contribution in [0.5, 0.6) is 5.75 Å². The second kappa shape index (κ2) is 8.24. The van der Waals surface area contributed by atoms with Gasteiger partial charge in [-0.05, 0) is 61.2 Å². The number of rotatable bonds is 7. The molecule has 1 aromatic heterocycles. The summed E-state index contributed by atoms with van der Waals surface area (Å²) < 4.78 is 6.92. The molecule has 1 atom stereocenters. The van der Waals surface area contributed by atoms with Gasteiger partial charge in [0.25, 0.3) is 0 Å². The van der Waals surface area contributed by atoms with E-state index in [9.17, 15) is 9.90 Å². The molecule has 0 spiro atoms. The number of aromatic nitrogens is 1. The summed E-state index contributed by atoms with van der Waals surface area (Å²) in [5, 5.41) is 13.8. The van der Waals surface area contributed by atoms with Gasteiger partial charge in [0.15, 0.2) is 0 Å². The zero-order valence-electron chi connectivity index (χ0n) is 14.1. The van der Waals surface area contributed by atoms with Crippen LogP contribution in [0.1, 0.15) is 11.1 Å². The normalized spacial score (nSPS) is 12.3. The first-order chi connectivity index (χ1) is 12.5. The van der Waals surface area contributed by atoms with Crippen molar-refractivity contribution >= 4 is 48.7 Å². The second-order valence-electron chi connectivity index (χ2n) is 5.93. The Hall–Kier alpha value is -1.83. The first-order valence-electron chi connectivity index (χ1n) is 8.02. The zero-order valence-corrected chi connectivity index (χ0v) is 17.2. The van der Waals surface area contributed by atoms with Crippen molar-refractivity contribution in [1.82, 2.24) is 10.3 Å². The predicted octanol–water partition coefficient (Wildman–Crippen LogP) is 4.49. The summed E-state index contributed by atoms with van der Waals surface area (Å²) in [4.78, 5) is 14.9. The van der Waals surface area contributed by atoms with Gasteiger partial charge in [-0.3, -0.25) is 4.79 Å². The summed E-state index contributed by atoms with van der Waals surface area (Å²) in [6, 6.07) is 11.0. The summed E-state index contributed by atoms with van der Waals surface area (Å²) in [5.74, 6) is -0.163. The Bertz CT molecular complexity index is 916. The molecule has 2 aromatic carbocycles. The van der Waals surface area contributed by atoms with Gasteiger partial charge in [-0.25, -0.2) is 0 Å². The highest BCUT2D eigenvalue weighted by Crippen LogP contribution is 2.34. The van der Waals surface area contributed by atoms with Crippen molar-refractivity contribution in [3.8, 4) is 5.75 Å². The van der Waals surface area contributed by atoms with Gasteiger partial charge >= 0.3 is 5.97 Å². The number of aromatic amines is 1. The van der Waals surface area contributed by atoms with Crippen molar-refractivity contribution in [3.63, 3.8) is 0 Å². The smallest absolute Gasteiger partial charge is 0.321 e. The molecule has 3 N–H and O–H groups in total. The molecule has 0 radical (unpaired) electrons. The average molecular weight is 482 g/mol. The van der Waals surface area contributed by atoms with Crippen LogP contribution in [0, 0.1) is 0 Å². The molecule has 3 aromatic rings.